The fourth-order valence-electron chi connectivity index (χ4n) is 2.23. The van der Waals surface area contributed by atoms with Gasteiger partial charge in [0.05, 0.1) is 18.5 Å². The van der Waals surface area contributed by atoms with Crippen LogP contribution in [0.1, 0.15) is 11.8 Å². The molecule has 0 spiro atoms. The number of aromatic nitrogens is 4. The summed E-state index contributed by atoms with van der Waals surface area (Å²) in [6.07, 6.45) is -1.09. The predicted octanol–water partition coefficient (Wildman–Crippen LogP) is -0.309. The molecule has 3 heterocycles. The van der Waals surface area contributed by atoms with Gasteiger partial charge in [0.1, 0.15) is 21.5 Å². The second-order valence-electron chi connectivity index (χ2n) is 4.57. The van der Waals surface area contributed by atoms with Gasteiger partial charge in [0.25, 0.3) is 5.88 Å². The molecule has 1 aliphatic rings. The minimum absolute atomic E-state index is 0.112. The number of aliphatic hydroxyl groups excluding tert-OH is 2. The Morgan fingerprint density at radius 2 is 2.19 bits per heavy atom. The number of nitrogens with zero attached hydrogens (tertiary/aromatic N) is 4. The van der Waals surface area contributed by atoms with E-state index in [9.17, 15) is 15.3 Å². The van der Waals surface area contributed by atoms with E-state index >= 15 is 0 Å². The van der Waals surface area contributed by atoms with E-state index in [1.54, 1.807) is 0 Å². The van der Waals surface area contributed by atoms with Gasteiger partial charge in [0, 0.05) is 0 Å². The highest BCUT2D eigenvalue weighted by molar-refractivity contribution is 9.25. The summed E-state index contributed by atoms with van der Waals surface area (Å²) in [5.41, 5.74) is 6.06. The van der Waals surface area contributed by atoms with Gasteiger partial charge in [-0.3, -0.25) is 0 Å². The van der Waals surface area contributed by atoms with Crippen LogP contribution >= 0.6 is 31.9 Å². The Balaban J connectivity index is 2.13. The van der Waals surface area contributed by atoms with Crippen LogP contribution in [0.15, 0.2) is 6.20 Å². The molecule has 5 N–H and O–H groups in total. The third-order valence-electron chi connectivity index (χ3n) is 3.24. The summed E-state index contributed by atoms with van der Waals surface area (Å²) < 4.78 is 5.87. The third-order valence-corrected chi connectivity index (χ3v) is 5.01. The number of alkyl halides is 2. The molecule has 2 aromatic heterocycles. The van der Waals surface area contributed by atoms with Gasteiger partial charge >= 0.3 is 0 Å². The minimum Gasteiger partial charge on any atom is -0.491 e. The summed E-state index contributed by atoms with van der Waals surface area (Å²) in [6, 6.07) is 0. The van der Waals surface area contributed by atoms with E-state index in [1.807, 2.05) is 0 Å². The summed E-state index contributed by atoms with van der Waals surface area (Å²) in [4.78, 5) is 7.62. The minimum atomic E-state index is -1.04. The molecular formula is C10H11Br2N5O4. The lowest BCUT2D eigenvalue weighted by atomic mass is 10.1. The number of aliphatic hydroxyl groups is 2. The first kappa shape index (κ1) is 14.9. The zero-order valence-corrected chi connectivity index (χ0v) is 13.6. The highest BCUT2D eigenvalue weighted by Crippen LogP contribution is 2.51. The van der Waals surface area contributed by atoms with Crippen LogP contribution in [0.3, 0.4) is 0 Å². The van der Waals surface area contributed by atoms with E-state index in [0.717, 1.165) is 0 Å². The number of anilines is 1. The maximum Gasteiger partial charge on any atom is 0.260 e. The topological polar surface area (TPSA) is 139 Å². The Morgan fingerprint density at radius 1 is 1.48 bits per heavy atom. The van der Waals surface area contributed by atoms with Gasteiger partial charge in [0.2, 0.25) is 11.6 Å². The summed E-state index contributed by atoms with van der Waals surface area (Å²) in [5.74, 6) is -0.494. The van der Waals surface area contributed by atoms with Crippen molar-refractivity contribution >= 4 is 43.5 Å². The van der Waals surface area contributed by atoms with Crippen LogP contribution in [-0.4, -0.2) is 56.9 Å². The van der Waals surface area contributed by atoms with Gasteiger partial charge in [-0.1, -0.05) is 31.9 Å². The highest BCUT2D eigenvalue weighted by Gasteiger charge is 2.54. The summed E-state index contributed by atoms with van der Waals surface area (Å²) in [5, 5.41) is 33.1. The third kappa shape index (κ3) is 2.19. The Labute approximate surface area is 135 Å². The standard InChI is InChI=1S/C10H11Br2N5O4/c11-10(12)5(19)4(2-18)21-6(10)3-1-14-7-8(20)15-9(13)16-17(3)7/h1,4-6,18-19H,2H2,(H3,13,15,16,20)/t4-,5+,6+/m1/s1. The molecule has 11 heteroatoms. The maximum atomic E-state index is 10.2. The van der Waals surface area contributed by atoms with E-state index in [1.165, 1.54) is 10.7 Å². The molecule has 3 rings (SSSR count). The molecule has 0 saturated carbocycles. The Bertz CT molecular complexity index is 693. The largest absolute Gasteiger partial charge is 0.491 e. The van der Waals surface area contributed by atoms with E-state index < -0.39 is 21.5 Å². The Kier molecular flexibility index (Phi) is 3.56. The predicted molar refractivity (Wildman–Crippen MR) is 78.2 cm³/mol. The lowest BCUT2D eigenvalue weighted by Gasteiger charge is -2.23. The van der Waals surface area contributed by atoms with Crippen LogP contribution in [0.4, 0.5) is 5.95 Å². The number of fused-ring (bicyclic) bond motifs is 1. The molecule has 114 valence electrons. The van der Waals surface area contributed by atoms with Crippen molar-refractivity contribution in [2.45, 2.75) is 21.5 Å². The molecule has 9 nitrogen and oxygen atoms in total. The number of imidazole rings is 1. The molecule has 1 saturated heterocycles. The molecule has 0 bridgehead atoms. The molecule has 1 aliphatic heterocycles. The smallest absolute Gasteiger partial charge is 0.260 e. The van der Waals surface area contributed by atoms with Gasteiger partial charge in [-0.2, -0.15) is 4.98 Å². The number of hydrogen-bond acceptors (Lipinski definition) is 8. The number of rotatable bonds is 2. The average molecular weight is 425 g/mol. The van der Waals surface area contributed by atoms with Gasteiger partial charge in [0.15, 0.2) is 0 Å². The van der Waals surface area contributed by atoms with Gasteiger partial charge in [-0.05, 0) is 0 Å². The SMILES string of the molecule is Nc1nc(O)c2ncc([C@@H]3O[C@H](CO)[C@H](O)C3(Br)Br)n2n1. The number of aromatic hydroxyl groups is 1. The van der Waals surface area contributed by atoms with Crippen LogP contribution in [-0.2, 0) is 4.74 Å². The lowest BCUT2D eigenvalue weighted by Crippen LogP contribution is -2.35. The van der Waals surface area contributed by atoms with E-state index in [-0.39, 0.29) is 24.1 Å². The van der Waals surface area contributed by atoms with Crippen molar-refractivity contribution in [3.05, 3.63) is 11.9 Å². The van der Waals surface area contributed by atoms with Crippen molar-refractivity contribution in [2.24, 2.45) is 0 Å². The first-order chi connectivity index (χ1) is 9.86. The highest BCUT2D eigenvalue weighted by atomic mass is 79.9. The molecule has 2 aromatic rings. The van der Waals surface area contributed by atoms with Gasteiger partial charge < -0.3 is 25.8 Å². The summed E-state index contributed by atoms with van der Waals surface area (Å²) >= 11 is 6.70. The quantitative estimate of drug-likeness (QED) is 0.481. The van der Waals surface area contributed by atoms with E-state index in [4.69, 9.17) is 10.5 Å². The molecule has 1 fully saturated rings. The molecule has 0 aliphatic carbocycles. The van der Waals surface area contributed by atoms with E-state index in [2.05, 4.69) is 46.9 Å². The first-order valence-corrected chi connectivity index (χ1v) is 7.47. The number of hydrogen-bond donors (Lipinski definition) is 4. The second-order valence-corrected chi connectivity index (χ2v) is 8.26. The van der Waals surface area contributed by atoms with Crippen LogP contribution in [0.2, 0.25) is 0 Å². The molecule has 0 amide bonds. The number of ether oxygens (including phenoxy) is 1. The second kappa shape index (κ2) is 5.02. The van der Waals surface area contributed by atoms with Crippen molar-refractivity contribution in [1.82, 2.24) is 19.6 Å². The molecule has 0 aromatic carbocycles. The zero-order valence-electron chi connectivity index (χ0n) is 10.4. The molecule has 0 unspecified atom stereocenters. The molecule has 0 radical (unpaired) electrons. The fourth-order valence-corrected chi connectivity index (χ4v) is 3.51. The Hall–Kier alpha value is -1.01. The van der Waals surface area contributed by atoms with Crippen molar-refractivity contribution in [3.63, 3.8) is 0 Å². The van der Waals surface area contributed by atoms with Crippen molar-refractivity contribution in [1.29, 1.82) is 0 Å². The normalized spacial score (nSPS) is 28.3. The number of nitrogen functional groups attached to an aromatic ring is 1. The number of halogens is 2. The van der Waals surface area contributed by atoms with Crippen LogP contribution in [0.5, 0.6) is 5.88 Å². The van der Waals surface area contributed by atoms with E-state index in [0.29, 0.717) is 5.69 Å². The van der Waals surface area contributed by atoms with Crippen LogP contribution < -0.4 is 5.73 Å². The lowest BCUT2D eigenvalue weighted by molar-refractivity contribution is -0.0240. The number of nitrogens with two attached hydrogens (primary N) is 1. The summed E-state index contributed by atoms with van der Waals surface area (Å²) in [7, 11) is 0. The monoisotopic (exact) mass is 423 g/mol. The zero-order chi connectivity index (χ0) is 15.4. The summed E-state index contributed by atoms with van der Waals surface area (Å²) in [6.45, 7) is -0.351. The van der Waals surface area contributed by atoms with Gasteiger partial charge in [-0.25, -0.2) is 9.50 Å². The first-order valence-electron chi connectivity index (χ1n) is 5.88. The van der Waals surface area contributed by atoms with Crippen molar-refractivity contribution in [2.75, 3.05) is 12.3 Å². The van der Waals surface area contributed by atoms with Crippen LogP contribution in [0, 0.1) is 0 Å². The average Bonchev–Trinajstić information content (AvgIpc) is 2.91. The fraction of sp³-hybridized carbons (Fsp3) is 0.500. The van der Waals surface area contributed by atoms with Crippen molar-refractivity contribution < 1.29 is 20.1 Å². The molecular weight excluding hydrogens is 414 g/mol. The maximum absolute atomic E-state index is 10.2. The molecule has 21 heavy (non-hydrogen) atoms. The van der Waals surface area contributed by atoms with Gasteiger partial charge in [-0.15, -0.1) is 5.10 Å². The van der Waals surface area contributed by atoms with Crippen LogP contribution in [0.25, 0.3) is 5.65 Å². The molecule has 3 atom stereocenters. The van der Waals surface area contributed by atoms with Crippen molar-refractivity contribution in [3.8, 4) is 5.88 Å². The Morgan fingerprint density at radius 3 is 2.81 bits per heavy atom.